The van der Waals surface area contributed by atoms with Gasteiger partial charge in [-0.15, -0.1) is 0 Å². The lowest BCUT2D eigenvalue weighted by Crippen LogP contribution is -2.36. The molecule has 3 rings (SSSR count). The van der Waals surface area contributed by atoms with E-state index >= 15 is 0 Å². The van der Waals surface area contributed by atoms with Gasteiger partial charge in [0, 0.05) is 26.7 Å². The van der Waals surface area contributed by atoms with Crippen LogP contribution in [0, 0.1) is 5.92 Å². The van der Waals surface area contributed by atoms with E-state index < -0.39 is 0 Å². The SMILES string of the molecule is CN(CC1CCC1)C(=O)c1sc(N2CCOCC2)nc1N. The first-order valence-corrected chi connectivity index (χ1v) is 8.31. The van der Waals surface area contributed by atoms with Crippen molar-refractivity contribution in [3.05, 3.63) is 4.88 Å². The number of anilines is 2. The summed E-state index contributed by atoms with van der Waals surface area (Å²) in [4.78, 5) is 21.4. The van der Waals surface area contributed by atoms with E-state index in [4.69, 9.17) is 10.5 Å². The highest BCUT2D eigenvalue weighted by molar-refractivity contribution is 7.18. The molecular formula is C14H22N4O2S. The smallest absolute Gasteiger partial charge is 0.267 e. The van der Waals surface area contributed by atoms with E-state index in [9.17, 15) is 4.79 Å². The van der Waals surface area contributed by atoms with Crippen LogP contribution in [0.2, 0.25) is 0 Å². The molecule has 1 aromatic rings. The van der Waals surface area contributed by atoms with E-state index in [1.54, 1.807) is 4.90 Å². The van der Waals surface area contributed by atoms with Crippen LogP contribution in [0.4, 0.5) is 10.9 Å². The minimum atomic E-state index is -0.00332. The van der Waals surface area contributed by atoms with Gasteiger partial charge < -0.3 is 20.3 Å². The predicted octanol–water partition coefficient (Wildman–Crippen LogP) is 1.43. The zero-order chi connectivity index (χ0) is 14.8. The Labute approximate surface area is 128 Å². The maximum Gasteiger partial charge on any atom is 0.267 e. The Kier molecular flexibility index (Phi) is 4.30. The molecule has 7 heteroatoms. The highest BCUT2D eigenvalue weighted by Gasteiger charge is 2.26. The summed E-state index contributed by atoms with van der Waals surface area (Å²) in [5.41, 5.74) is 5.96. The van der Waals surface area contributed by atoms with Gasteiger partial charge in [0.15, 0.2) is 5.13 Å². The molecule has 2 aliphatic rings. The van der Waals surface area contributed by atoms with Crippen molar-refractivity contribution in [1.29, 1.82) is 0 Å². The molecular weight excluding hydrogens is 288 g/mol. The van der Waals surface area contributed by atoms with Crippen molar-refractivity contribution in [2.24, 2.45) is 5.92 Å². The summed E-state index contributed by atoms with van der Waals surface area (Å²) >= 11 is 1.40. The van der Waals surface area contributed by atoms with Crippen molar-refractivity contribution in [3.63, 3.8) is 0 Å². The number of nitrogen functional groups attached to an aromatic ring is 1. The Balaban J connectivity index is 1.68. The molecule has 1 aliphatic carbocycles. The molecule has 1 amide bonds. The molecule has 1 aromatic heterocycles. The van der Waals surface area contributed by atoms with E-state index in [0.29, 0.717) is 29.8 Å². The fourth-order valence-electron chi connectivity index (χ4n) is 2.68. The molecule has 0 atom stereocenters. The first kappa shape index (κ1) is 14.6. The van der Waals surface area contributed by atoms with Crippen LogP contribution in [0.3, 0.4) is 0 Å². The maximum absolute atomic E-state index is 12.5. The second-order valence-corrected chi connectivity index (χ2v) is 6.77. The predicted molar refractivity (Wildman–Crippen MR) is 83.9 cm³/mol. The molecule has 1 saturated heterocycles. The standard InChI is InChI=1S/C14H22N4O2S/c1-17(9-10-3-2-4-10)13(19)11-12(15)16-14(21-11)18-5-7-20-8-6-18/h10H,2-9,15H2,1H3. The number of nitrogens with zero attached hydrogens (tertiary/aromatic N) is 3. The number of hydrogen-bond acceptors (Lipinski definition) is 6. The van der Waals surface area contributed by atoms with Crippen molar-refractivity contribution >= 4 is 28.2 Å². The number of ether oxygens (including phenoxy) is 1. The molecule has 116 valence electrons. The topological polar surface area (TPSA) is 71.7 Å². The summed E-state index contributed by atoms with van der Waals surface area (Å²) in [6, 6.07) is 0. The summed E-state index contributed by atoms with van der Waals surface area (Å²) < 4.78 is 5.34. The van der Waals surface area contributed by atoms with Gasteiger partial charge in [-0.1, -0.05) is 17.8 Å². The van der Waals surface area contributed by atoms with Gasteiger partial charge in [-0.3, -0.25) is 4.79 Å². The fourth-order valence-corrected chi connectivity index (χ4v) is 3.71. The van der Waals surface area contributed by atoms with Gasteiger partial charge in [-0.2, -0.15) is 0 Å². The first-order chi connectivity index (χ1) is 10.1. The van der Waals surface area contributed by atoms with Crippen LogP contribution in [-0.4, -0.2) is 55.7 Å². The van der Waals surface area contributed by atoms with Gasteiger partial charge in [0.2, 0.25) is 0 Å². The number of hydrogen-bond donors (Lipinski definition) is 1. The van der Waals surface area contributed by atoms with E-state index in [0.717, 1.165) is 24.8 Å². The zero-order valence-electron chi connectivity index (χ0n) is 12.4. The van der Waals surface area contributed by atoms with Crippen LogP contribution >= 0.6 is 11.3 Å². The molecule has 0 unspecified atom stereocenters. The molecule has 1 aliphatic heterocycles. The van der Waals surface area contributed by atoms with Crippen LogP contribution in [0.15, 0.2) is 0 Å². The summed E-state index contributed by atoms with van der Waals surface area (Å²) in [5.74, 6) is 1.01. The number of carbonyl (C=O) groups excluding carboxylic acids is 1. The minimum absolute atomic E-state index is 0.00332. The maximum atomic E-state index is 12.5. The Morgan fingerprint density at radius 3 is 2.81 bits per heavy atom. The molecule has 0 bridgehead atoms. The number of aromatic nitrogens is 1. The average molecular weight is 310 g/mol. The normalized spacial score (nSPS) is 19.4. The van der Waals surface area contributed by atoms with Gasteiger partial charge in [0.25, 0.3) is 5.91 Å². The third-order valence-electron chi connectivity index (χ3n) is 4.22. The van der Waals surface area contributed by atoms with Crippen LogP contribution < -0.4 is 10.6 Å². The van der Waals surface area contributed by atoms with E-state index in [1.165, 1.54) is 30.6 Å². The van der Waals surface area contributed by atoms with Crippen LogP contribution in [0.5, 0.6) is 0 Å². The van der Waals surface area contributed by atoms with Gasteiger partial charge in [-0.05, 0) is 18.8 Å². The lowest BCUT2D eigenvalue weighted by Gasteiger charge is -2.29. The molecule has 2 heterocycles. The van der Waals surface area contributed by atoms with Crippen molar-refractivity contribution in [2.75, 3.05) is 50.5 Å². The first-order valence-electron chi connectivity index (χ1n) is 7.49. The highest BCUT2D eigenvalue weighted by Crippen LogP contribution is 2.31. The molecule has 0 radical (unpaired) electrons. The van der Waals surface area contributed by atoms with E-state index in [-0.39, 0.29) is 5.91 Å². The molecule has 2 fully saturated rings. The summed E-state index contributed by atoms with van der Waals surface area (Å²) in [7, 11) is 1.86. The third-order valence-corrected chi connectivity index (χ3v) is 5.34. The van der Waals surface area contributed by atoms with E-state index in [2.05, 4.69) is 9.88 Å². The summed E-state index contributed by atoms with van der Waals surface area (Å²) in [6.07, 6.45) is 3.75. The van der Waals surface area contributed by atoms with Crippen LogP contribution in [0.25, 0.3) is 0 Å². The summed E-state index contributed by atoms with van der Waals surface area (Å²) in [6.45, 7) is 3.83. The lowest BCUT2D eigenvalue weighted by atomic mass is 9.85. The number of amides is 1. The van der Waals surface area contributed by atoms with Gasteiger partial charge in [0.1, 0.15) is 10.7 Å². The monoisotopic (exact) mass is 310 g/mol. The lowest BCUT2D eigenvalue weighted by molar-refractivity contribution is 0.0751. The average Bonchev–Trinajstić information content (AvgIpc) is 2.85. The molecule has 1 saturated carbocycles. The third kappa shape index (κ3) is 3.13. The number of morpholine rings is 1. The molecule has 6 nitrogen and oxygen atoms in total. The molecule has 21 heavy (non-hydrogen) atoms. The Morgan fingerprint density at radius 2 is 2.19 bits per heavy atom. The van der Waals surface area contributed by atoms with Crippen molar-refractivity contribution < 1.29 is 9.53 Å². The largest absolute Gasteiger partial charge is 0.382 e. The molecule has 2 N–H and O–H groups in total. The van der Waals surface area contributed by atoms with Gasteiger partial charge >= 0.3 is 0 Å². The van der Waals surface area contributed by atoms with E-state index in [1.807, 2.05) is 7.05 Å². The number of nitrogens with two attached hydrogens (primary N) is 1. The van der Waals surface area contributed by atoms with Crippen LogP contribution in [0.1, 0.15) is 28.9 Å². The second-order valence-electron chi connectivity index (χ2n) is 5.79. The quantitative estimate of drug-likeness (QED) is 0.911. The van der Waals surface area contributed by atoms with Crippen molar-refractivity contribution in [2.45, 2.75) is 19.3 Å². The molecule has 0 aromatic carbocycles. The highest BCUT2D eigenvalue weighted by atomic mass is 32.1. The number of carbonyl (C=O) groups is 1. The van der Waals surface area contributed by atoms with Crippen molar-refractivity contribution in [1.82, 2.24) is 9.88 Å². The number of thiazole rings is 1. The second kappa shape index (κ2) is 6.19. The Morgan fingerprint density at radius 1 is 1.48 bits per heavy atom. The molecule has 0 spiro atoms. The van der Waals surface area contributed by atoms with Crippen molar-refractivity contribution in [3.8, 4) is 0 Å². The van der Waals surface area contributed by atoms with Crippen LogP contribution in [-0.2, 0) is 4.74 Å². The minimum Gasteiger partial charge on any atom is -0.382 e. The fraction of sp³-hybridized carbons (Fsp3) is 0.714. The Hall–Kier alpha value is -1.34. The summed E-state index contributed by atoms with van der Waals surface area (Å²) in [5, 5.41) is 0.830. The van der Waals surface area contributed by atoms with Gasteiger partial charge in [0.05, 0.1) is 13.2 Å². The zero-order valence-corrected chi connectivity index (χ0v) is 13.2. The Bertz CT molecular complexity index is 509. The van der Waals surface area contributed by atoms with Gasteiger partial charge in [-0.25, -0.2) is 4.98 Å². The number of rotatable bonds is 4.